The van der Waals surface area contributed by atoms with Crippen LogP contribution in [0.3, 0.4) is 0 Å². The first kappa shape index (κ1) is 28.1. The summed E-state index contributed by atoms with van der Waals surface area (Å²) < 4.78 is 24.6. The molecule has 0 saturated carbocycles. The Bertz CT molecular complexity index is 1530. The molecule has 1 N–H and O–H groups in total. The van der Waals surface area contributed by atoms with Crippen LogP contribution in [-0.4, -0.2) is 41.4 Å². The number of hydrogen-bond donors (Lipinski definition) is 1. The third-order valence-corrected chi connectivity index (χ3v) is 6.13. The van der Waals surface area contributed by atoms with E-state index in [1.807, 2.05) is 6.92 Å². The Balaban J connectivity index is 1.55. The van der Waals surface area contributed by atoms with Crippen LogP contribution in [0.15, 0.2) is 101 Å². The zero-order valence-corrected chi connectivity index (χ0v) is 22.1. The number of carbonyl (C=O) groups is 2. The van der Waals surface area contributed by atoms with E-state index >= 15 is 0 Å². The maximum absolute atomic E-state index is 13.6. The normalized spacial score (nSPS) is 10.7. The maximum atomic E-state index is 13.6. The quantitative estimate of drug-likeness (QED) is 0.250. The predicted octanol–water partition coefficient (Wildman–Crippen LogP) is 5.58. The van der Waals surface area contributed by atoms with Crippen molar-refractivity contribution in [1.29, 1.82) is 0 Å². The van der Waals surface area contributed by atoms with Crippen molar-refractivity contribution in [3.8, 4) is 5.75 Å². The lowest BCUT2D eigenvalue weighted by molar-refractivity contribution is -0.133. The van der Waals surface area contributed by atoms with Gasteiger partial charge in [0.1, 0.15) is 23.7 Å². The summed E-state index contributed by atoms with van der Waals surface area (Å²) in [4.78, 5) is 42.6. The number of amides is 3. The smallest absolute Gasteiger partial charge is 0.322 e. The second-order valence-electron chi connectivity index (χ2n) is 9.02. The number of nitrogens with zero attached hydrogens (tertiary/aromatic N) is 2. The van der Waals surface area contributed by atoms with Gasteiger partial charge in [0.05, 0.1) is 30.4 Å². The highest BCUT2D eigenvalue weighted by Crippen LogP contribution is 2.17. The molecule has 8 nitrogen and oxygen atoms in total. The van der Waals surface area contributed by atoms with Crippen LogP contribution in [0.5, 0.6) is 5.75 Å². The standard InChI is InChI=1S/C31H30FN3O5/c1-3-17-34(31(38)33-25-13-15-26(16-14-25)39-4-2)20-29(36)35(18-22-9-11-24(32)12-10-22)19-23-21-40-28-8-6-5-7-27(28)30(23)37/h3,5-16,21H,1,4,17-20H2,2H3,(H,33,38). The summed E-state index contributed by atoms with van der Waals surface area (Å²) in [6.45, 7) is 5.96. The molecule has 3 amide bonds. The molecule has 0 saturated heterocycles. The summed E-state index contributed by atoms with van der Waals surface area (Å²) in [5, 5.41) is 3.18. The molecule has 0 aliphatic rings. The fraction of sp³-hybridized carbons (Fsp3) is 0.194. The van der Waals surface area contributed by atoms with Gasteiger partial charge in [-0.2, -0.15) is 0 Å². The van der Waals surface area contributed by atoms with Crippen LogP contribution in [0.2, 0.25) is 0 Å². The summed E-state index contributed by atoms with van der Waals surface area (Å²) in [6, 6.07) is 19.0. The van der Waals surface area contributed by atoms with Gasteiger partial charge in [-0.1, -0.05) is 30.3 Å². The van der Waals surface area contributed by atoms with Crippen LogP contribution in [-0.2, 0) is 17.9 Å². The van der Waals surface area contributed by atoms with Gasteiger partial charge >= 0.3 is 6.03 Å². The molecule has 4 aromatic rings. The number of para-hydroxylation sites is 1. The average Bonchev–Trinajstić information content (AvgIpc) is 2.96. The predicted molar refractivity (Wildman–Crippen MR) is 152 cm³/mol. The number of nitrogens with one attached hydrogen (secondary N) is 1. The number of carbonyl (C=O) groups excluding carboxylic acids is 2. The lowest BCUT2D eigenvalue weighted by atomic mass is 10.1. The third kappa shape index (κ3) is 7.13. The van der Waals surface area contributed by atoms with Crippen molar-refractivity contribution in [2.75, 3.05) is 25.0 Å². The third-order valence-electron chi connectivity index (χ3n) is 6.13. The molecule has 0 aliphatic carbocycles. The largest absolute Gasteiger partial charge is 0.494 e. The molecule has 4 rings (SSSR count). The summed E-state index contributed by atoms with van der Waals surface area (Å²) in [6.07, 6.45) is 2.86. The molecule has 3 aromatic carbocycles. The van der Waals surface area contributed by atoms with E-state index in [2.05, 4.69) is 11.9 Å². The van der Waals surface area contributed by atoms with Crippen LogP contribution < -0.4 is 15.5 Å². The van der Waals surface area contributed by atoms with Crippen molar-refractivity contribution in [3.05, 3.63) is 119 Å². The van der Waals surface area contributed by atoms with E-state index in [0.717, 1.165) is 0 Å². The first-order valence-corrected chi connectivity index (χ1v) is 12.8. The van der Waals surface area contributed by atoms with Crippen molar-refractivity contribution >= 4 is 28.6 Å². The molecule has 1 aromatic heterocycles. The number of ether oxygens (including phenoxy) is 1. The zero-order valence-electron chi connectivity index (χ0n) is 22.1. The fourth-order valence-corrected chi connectivity index (χ4v) is 4.12. The summed E-state index contributed by atoms with van der Waals surface area (Å²) in [7, 11) is 0. The lowest BCUT2D eigenvalue weighted by Crippen LogP contribution is -2.44. The van der Waals surface area contributed by atoms with E-state index < -0.39 is 17.8 Å². The van der Waals surface area contributed by atoms with Gasteiger partial charge in [-0.15, -0.1) is 6.58 Å². The Hall–Kier alpha value is -4.92. The molecule has 0 aliphatic heterocycles. The van der Waals surface area contributed by atoms with Crippen molar-refractivity contribution in [3.63, 3.8) is 0 Å². The number of rotatable bonds is 11. The van der Waals surface area contributed by atoms with Crippen molar-refractivity contribution in [2.45, 2.75) is 20.0 Å². The highest BCUT2D eigenvalue weighted by molar-refractivity contribution is 5.92. The number of halogens is 1. The summed E-state index contributed by atoms with van der Waals surface area (Å²) in [5.41, 5.74) is 1.66. The van der Waals surface area contributed by atoms with E-state index in [9.17, 15) is 18.8 Å². The lowest BCUT2D eigenvalue weighted by Gasteiger charge is -2.27. The van der Waals surface area contributed by atoms with E-state index in [0.29, 0.717) is 34.6 Å². The van der Waals surface area contributed by atoms with Crippen LogP contribution in [0.4, 0.5) is 14.9 Å². The number of anilines is 1. The number of urea groups is 1. The summed E-state index contributed by atoms with van der Waals surface area (Å²) >= 11 is 0. The molecule has 0 spiro atoms. The van der Waals surface area contributed by atoms with E-state index in [1.54, 1.807) is 60.7 Å². The zero-order chi connectivity index (χ0) is 28.5. The SMILES string of the molecule is C=CCN(CC(=O)N(Cc1ccc(F)cc1)Cc1coc2ccccc2c1=O)C(=O)Nc1ccc(OCC)cc1. The molecule has 40 heavy (non-hydrogen) atoms. The number of benzene rings is 3. The van der Waals surface area contributed by atoms with E-state index in [-0.39, 0.29) is 37.2 Å². The highest BCUT2D eigenvalue weighted by atomic mass is 19.1. The maximum Gasteiger partial charge on any atom is 0.322 e. The van der Waals surface area contributed by atoms with Gasteiger partial charge in [0, 0.05) is 18.8 Å². The fourth-order valence-electron chi connectivity index (χ4n) is 4.12. The second kappa shape index (κ2) is 13.2. The molecule has 0 fully saturated rings. The van der Waals surface area contributed by atoms with Crippen molar-refractivity contribution < 1.29 is 23.1 Å². The van der Waals surface area contributed by atoms with Gasteiger partial charge in [-0.05, 0) is 61.0 Å². The van der Waals surface area contributed by atoms with Gasteiger partial charge in [0.25, 0.3) is 0 Å². The van der Waals surface area contributed by atoms with Gasteiger partial charge < -0.3 is 24.3 Å². The Morgan fingerprint density at radius 2 is 1.73 bits per heavy atom. The van der Waals surface area contributed by atoms with Gasteiger partial charge in [0.2, 0.25) is 5.91 Å². The topological polar surface area (TPSA) is 92.1 Å². The van der Waals surface area contributed by atoms with E-state index in [1.165, 1.54) is 34.3 Å². The van der Waals surface area contributed by atoms with Crippen molar-refractivity contribution in [2.24, 2.45) is 0 Å². The number of fused-ring (bicyclic) bond motifs is 1. The molecular formula is C31H30FN3O5. The second-order valence-corrected chi connectivity index (χ2v) is 9.02. The van der Waals surface area contributed by atoms with Crippen LogP contribution in [0.25, 0.3) is 11.0 Å². The van der Waals surface area contributed by atoms with Crippen LogP contribution in [0, 0.1) is 5.82 Å². The molecular weight excluding hydrogens is 513 g/mol. The Morgan fingerprint density at radius 1 is 1.00 bits per heavy atom. The average molecular weight is 544 g/mol. The first-order valence-electron chi connectivity index (χ1n) is 12.8. The molecule has 9 heteroatoms. The highest BCUT2D eigenvalue weighted by Gasteiger charge is 2.23. The van der Waals surface area contributed by atoms with Gasteiger partial charge in [-0.3, -0.25) is 9.59 Å². The van der Waals surface area contributed by atoms with Crippen LogP contribution in [0.1, 0.15) is 18.1 Å². The molecule has 1 heterocycles. The van der Waals surface area contributed by atoms with Gasteiger partial charge in [-0.25, -0.2) is 9.18 Å². The minimum atomic E-state index is -0.496. The first-order chi connectivity index (χ1) is 19.4. The van der Waals surface area contributed by atoms with Gasteiger partial charge in [0.15, 0.2) is 5.43 Å². The number of hydrogen-bond acceptors (Lipinski definition) is 5. The van der Waals surface area contributed by atoms with E-state index in [4.69, 9.17) is 9.15 Å². The Morgan fingerprint density at radius 3 is 2.42 bits per heavy atom. The van der Waals surface area contributed by atoms with Crippen molar-refractivity contribution in [1.82, 2.24) is 9.80 Å². The monoisotopic (exact) mass is 543 g/mol. The molecule has 0 unspecified atom stereocenters. The molecule has 206 valence electrons. The molecule has 0 atom stereocenters. The minimum Gasteiger partial charge on any atom is -0.494 e. The summed E-state index contributed by atoms with van der Waals surface area (Å²) in [5.74, 6) is -0.145. The Kier molecular flexibility index (Phi) is 9.30. The minimum absolute atomic E-state index is 0.0637. The molecule has 0 radical (unpaired) electrons. The Labute approximate surface area is 231 Å². The van der Waals surface area contributed by atoms with Crippen LogP contribution >= 0.6 is 0 Å². The molecule has 0 bridgehead atoms.